The molecule has 0 bridgehead atoms. The Kier molecular flexibility index (Phi) is 7.63. The number of carbonyl (C=O) groups is 2. The van der Waals surface area contributed by atoms with E-state index in [2.05, 4.69) is 41.6 Å². The van der Waals surface area contributed by atoms with Crippen LogP contribution >= 0.6 is 0 Å². The van der Waals surface area contributed by atoms with Gasteiger partial charge in [0, 0.05) is 51.9 Å². The van der Waals surface area contributed by atoms with Crippen molar-refractivity contribution in [3.8, 4) is 0 Å². The first-order valence-corrected chi connectivity index (χ1v) is 12.8. The van der Waals surface area contributed by atoms with Gasteiger partial charge in [-0.2, -0.15) is 0 Å². The Morgan fingerprint density at radius 1 is 1.06 bits per heavy atom. The van der Waals surface area contributed by atoms with Crippen LogP contribution in [0, 0.1) is 5.92 Å². The monoisotopic (exact) mass is 487 g/mol. The third-order valence-electron chi connectivity index (χ3n) is 7.47. The summed E-state index contributed by atoms with van der Waals surface area (Å²) in [5.41, 5.74) is 6.66. The van der Waals surface area contributed by atoms with Crippen molar-refractivity contribution in [2.24, 2.45) is 5.92 Å². The first-order chi connectivity index (χ1) is 17.1. The fourth-order valence-corrected chi connectivity index (χ4v) is 5.57. The average Bonchev–Trinajstić information content (AvgIpc) is 3.14. The van der Waals surface area contributed by atoms with Gasteiger partial charge < -0.3 is 15.3 Å². The standard InChI is InChI=1S/C23H37N9O3/c33-19(34)15-30-9-11-31(12-10-30)18-6-5-16(13-24-18)26-21-20-17(14-25-29-22(20)35)27-23(28-21)32-7-3-1-2-4-8-32/h5-6,13,17,20-21,23,25-28H,1-4,7-12,14-15H2,(H,29,35)(H,33,34). The Labute approximate surface area is 205 Å². The summed E-state index contributed by atoms with van der Waals surface area (Å²) >= 11 is 0. The number of amides is 1. The predicted octanol–water partition coefficient (Wildman–Crippen LogP) is -1.00. The molecule has 4 fully saturated rings. The molecule has 192 valence electrons. The number of aromatic nitrogens is 1. The summed E-state index contributed by atoms with van der Waals surface area (Å²) in [5.74, 6) is -0.205. The van der Waals surface area contributed by atoms with Crippen LogP contribution in [-0.4, -0.2) is 103 Å². The van der Waals surface area contributed by atoms with E-state index in [1.54, 1.807) is 0 Å². The van der Waals surface area contributed by atoms with Crippen LogP contribution in [0.4, 0.5) is 11.5 Å². The lowest BCUT2D eigenvalue weighted by Gasteiger charge is -2.48. The van der Waals surface area contributed by atoms with Crippen LogP contribution in [0.1, 0.15) is 25.7 Å². The fraction of sp³-hybridized carbons (Fsp3) is 0.696. The molecule has 0 aromatic carbocycles. The summed E-state index contributed by atoms with van der Waals surface area (Å²) in [6.07, 6.45) is 6.53. The van der Waals surface area contributed by atoms with Crippen molar-refractivity contribution in [1.82, 2.24) is 36.3 Å². The lowest BCUT2D eigenvalue weighted by Crippen LogP contribution is -2.76. The minimum Gasteiger partial charge on any atom is -0.480 e. The van der Waals surface area contributed by atoms with Gasteiger partial charge in [0.2, 0.25) is 5.91 Å². The maximum absolute atomic E-state index is 12.8. The van der Waals surface area contributed by atoms with Gasteiger partial charge in [0.05, 0.1) is 30.5 Å². The van der Waals surface area contributed by atoms with E-state index < -0.39 is 5.97 Å². The van der Waals surface area contributed by atoms with E-state index in [1.807, 2.05) is 23.2 Å². The van der Waals surface area contributed by atoms with Crippen molar-refractivity contribution in [2.45, 2.75) is 44.2 Å². The molecule has 4 unspecified atom stereocenters. The average molecular weight is 488 g/mol. The van der Waals surface area contributed by atoms with Crippen molar-refractivity contribution in [2.75, 3.05) is 62.6 Å². The highest BCUT2D eigenvalue weighted by Crippen LogP contribution is 2.23. The molecule has 4 saturated heterocycles. The number of carboxylic acids is 1. The minimum atomic E-state index is -0.790. The molecule has 4 aliphatic rings. The summed E-state index contributed by atoms with van der Waals surface area (Å²) in [5, 5.41) is 19.8. The Morgan fingerprint density at radius 2 is 1.83 bits per heavy atom. The van der Waals surface area contributed by atoms with Gasteiger partial charge >= 0.3 is 5.97 Å². The van der Waals surface area contributed by atoms with Gasteiger partial charge in [-0.15, -0.1) is 0 Å². The maximum Gasteiger partial charge on any atom is 0.317 e. The molecule has 4 atom stereocenters. The van der Waals surface area contributed by atoms with E-state index in [4.69, 9.17) is 5.11 Å². The van der Waals surface area contributed by atoms with Crippen molar-refractivity contribution in [1.29, 1.82) is 0 Å². The minimum absolute atomic E-state index is 0.00822. The summed E-state index contributed by atoms with van der Waals surface area (Å²) in [6, 6.07) is 4.01. The number of nitrogens with one attached hydrogen (secondary N) is 5. The first-order valence-electron chi connectivity index (χ1n) is 12.8. The largest absolute Gasteiger partial charge is 0.480 e. The number of piperazine rings is 1. The number of fused-ring (bicyclic) bond motifs is 1. The summed E-state index contributed by atoms with van der Waals surface area (Å²) in [7, 11) is 0. The van der Waals surface area contributed by atoms with Crippen LogP contribution in [0.25, 0.3) is 0 Å². The van der Waals surface area contributed by atoms with Crippen molar-refractivity contribution >= 4 is 23.4 Å². The maximum atomic E-state index is 12.8. The zero-order valence-electron chi connectivity index (χ0n) is 20.1. The van der Waals surface area contributed by atoms with Crippen molar-refractivity contribution in [3.63, 3.8) is 0 Å². The Balaban J connectivity index is 1.24. The molecule has 0 aliphatic carbocycles. The van der Waals surface area contributed by atoms with Crippen LogP contribution in [-0.2, 0) is 9.59 Å². The van der Waals surface area contributed by atoms with E-state index in [0.717, 1.165) is 37.7 Å². The number of rotatable bonds is 6. The molecule has 6 N–H and O–H groups in total. The molecular weight excluding hydrogens is 450 g/mol. The third kappa shape index (κ3) is 5.84. The molecule has 1 amide bonds. The Morgan fingerprint density at radius 3 is 2.51 bits per heavy atom. The quantitative estimate of drug-likeness (QED) is 0.295. The van der Waals surface area contributed by atoms with Gasteiger partial charge in [0.1, 0.15) is 12.1 Å². The van der Waals surface area contributed by atoms with Crippen LogP contribution in [0.2, 0.25) is 0 Å². The summed E-state index contributed by atoms with van der Waals surface area (Å²) in [4.78, 5) is 34.9. The van der Waals surface area contributed by atoms with E-state index in [0.29, 0.717) is 19.6 Å². The number of nitrogens with zero attached hydrogens (tertiary/aromatic N) is 4. The van der Waals surface area contributed by atoms with Gasteiger partial charge in [0.25, 0.3) is 0 Å². The Hall–Kier alpha value is -2.51. The topological polar surface area (TPSA) is 137 Å². The number of aliphatic carboxylic acids is 1. The van der Waals surface area contributed by atoms with Gasteiger partial charge in [0.15, 0.2) is 0 Å². The SMILES string of the molecule is O=C(O)CN1CCN(c2ccc(NC3NC(N4CCCCCC4)NC4CNNC(=O)C43)cn2)CC1. The third-order valence-corrected chi connectivity index (χ3v) is 7.47. The second-order valence-corrected chi connectivity index (χ2v) is 9.87. The molecule has 1 aromatic rings. The van der Waals surface area contributed by atoms with E-state index >= 15 is 0 Å². The number of hydrogen-bond donors (Lipinski definition) is 6. The molecule has 0 saturated carbocycles. The highest BCUT2D eigenvalue weighted by Gasteiger charge is 2.45. The van der Waals surface area contributed by atoms with Crippen LogP contribution in [0.5, 0.6) is 0 Å². The molecular formula is C23H37N9O3. The first kappa shape index (κ1) is 24.2. The van der Waals surface area contributed by atoms with Gasteiger partial charge in [-0.05, 0) is 25.0 Å². The normalized spacial score (nSPS) is 30.7. The van der Waals surface area contributed by atoms with Crippen LogP contribution in [0.15, 0.2) is 18.3 Å². The number of anilines is 2. The number of likely N-dealkylation sites (tertiary alicyclic amines) is 1. The molecule has 1 aromatic heterocycles. The number of hydrogen-bond acceptors (Lipinski definition) is 10. The lowest BCUT2D eigenvalue weighted by molar-refractivity contribution is -0.138. The van der Waals surface area contributed by atoms with Gasteiger partial charge in [-0.25, -0.2) is 10.4 Å². The highest BCUT2D eigenvalue weighted by molar-refractivity contribution is 5.81. The van der Waals surface area contributed by atoms with Gasteiger partial charge in [-0.3, -0.25) is 35.4 Å². The molecule has 12 nitrogen and oxygen atoms in total. The summed E-state index contributed by atoms with van der Waals surface area (Å²) in [6.45, 7) is 5.75. The molecule has 12 heteroatoms. The molecule has 5 rings (SSSR count). The molecule has 35 heavy (non-hydrogen) atoms. The van der Waals surface area contributed by atoms with E-state index in [1.165, 1.54) is 25.7 Å². The second-order valence-electron chi connectivity index (χ2n) is 9.87. The molecule has 5 heterocycles. The van der Waals surface area contributed by atoms with Crippen LogP contribution < -0.4 is 31.7 Å². The van der Waals surface area contributed by atoms with E-state index in [-0.39, 0.29) is 36.9 Å². The van der Waals surface area contributed by atoms with Crippen LogP contribution in [0.3, 0.4) is 0 Å². The zero-order valence-corrected chi connectivity index (χ0v) is 20.1. The number of pyridine rings is 1. The van der Waals surface area contributed by atoms with Gasteiger partial charge in [-0.1, -0.05) is 12.8 Å². The smallest absolute Gasteiger partial charge is 0.317 e. The molecule has 0 radical (unpaired) electrons. The van der Waals surface area contributed by atoms with Crippen molar-refractivity contribution < 1.29 is 14.7 Å². The molecule has 0 spiro atoms. The highest BCUT2D eigenvalue weighted by atomic mass is 16.4. The van der Waals surface area contributed by atoms with Crippen molar-refractivity contribution in [3.05, 3.63) is 18.3 Å². The predicted molar refractivity (Wildman–Crippen MR) is 131 cm³/mol. The van der Waals surface area contributed by atoms with E-state index in [9.17, 15) is 9.59 Å². The number of carboxylic acid groups (broad SMARTS) is 1. The number of hydrazine groups is 1. The number of carbonyl (C=O) groups excluding carboxylic acids is 1. The second kappa shape index (κ2) is 11.0. The Bertz CT molecular complexity index is 869. The summed E-state index contributed by atoms with van der Waals surface area (Å²) < 4.78 is 0. The zero-order chi connectivity index (χ0) is 24.2. The lowest BCUT2D eigenvalue weighted by atomic mass is 9.91. The molecule has 4 aliphatic heterocycles. The fourth-order valence-electron chi connectivity index (χ4n) is 5.57.